The number of likely N-dealkylation sites (tertiary alicyclic amines) is 1. The van der Waals surface area contributed by atoms with Crippen LogP contribution in [0.1, 0.15) is 117 Å². The third kappa shape index (κ3) is 21.0. The van der Waals surface area contributed by atoms with Crippen molar-refractivity contribution in [3.05, 3.63) is 0 Å². The molecule has 22 heteroatoms. The smallest absolute Gasteiger partial charge is 0.326 e. The second-order valence-corrected chi connectivity index (χ2v) is 16.2. The first kappa shape index (κ1) is 55.4. The van der Waals surface area contributed by atoms with Gasteiger partial charge in [-0.3, -0.25) is 33.8 Å². The number of carbonyl (C=O) groups excluding carboxylic acids is 6. The van der Waals surface area contributed by atoms with Crippen LogP contribution in [-0.4, -0.2) is 139 Å². The van der Waals surface area contributed by atoms with Gasteiger partial charge >= 0.3 is 5.97 Å². The van der Waals surface area contributed by atoms with Crippen molar-refractivity contribution < 1.29 is 38.7 Å². The van der Waals surface area contributed by atoms with Gasteiger partial charge in [-0.2, -0.15) is 0 Å². The number of aliphatic carboxylic acids is 1. The Morgan fingerprint density at radius 1 is 0.613 bits per heavy atom. The number of hydrogen-bond donors (Lipinski definition) is 13. The van der Waals surface area contributed by atoms with Crippen LogP contribution in [0, 0.1) is 5.92 Å². The first-order valence-electron chi connectivity index (χ1n) is 22.2. The lowest BCUT2D eigenvalue weighted by Gasteiger charge is -2.30. The van der Waals surface area contributed by atoms with Gasteiger partial charge in [0, 0.05) is 13.1 Å². The molecule has 0 aliphatic carbocycles. The second-order valence-electron chi connectivity index (χ2n) is 16.2. The maximum absolute atomic E-state index is 14.1. The number of unbranched alkanes of at least 4 members (excludes halogenated alkanes) is 4. The minimum Gasteiger partial charge on any atom is -0.480 e. The number of nitrogens with two attached hydrogens (primary N) is 7. The number of aliphatic imine (C=N–C) groups is 1. The minimum absolute atomic E-state index is 0.0298. The van der Waals surface area contributed by atoms with Crippen molar-refractivity contribution in [3.63, 3.8) is 0 Å². The summed E-state index contributed by atoms with van der Waals surface area (Å²) in [5.74, 6) is -5.59. The van der Waals surface area contributed by atoms with Crippen molar-refractivity contribution in [2.24, 2.45) is 51.0 Å². The lowest BCUT2D eigenvalue weighted by molar-refractivity contribution is -0.142. The van der Waals surface area contributed by atoms with E-state index < -0.39 is 83.7 Å². The summed E-state index contributed by atoms with van der Waals surface area (Å²) in [5.41, 5.74) is 39.7. The summed E-state index contributed by atoms with van der Waals surface area (Å²) < 4.78 is 0. The first-order chi connectivity index (χ1) is 29.5. The summed E-state index contributed by atoms with van der Waals surface area (Å²) in [6.45, 7) is 5.34. The number of carboxylic acids is 1. The molecule has 1 aliphatic rings. The monoisotopic (exact) mass is 883 g/mol. The van der Waals surface area contributed by atoms with E-state index in [2.05, 4.69) is 31.6 Å². The van der Waals surface area contributed by atoms with Crippen molar-refractivity contribution in [3.8, 4) is 0 Å². The molecule has 1 saturated heterocycles. The van der Waals surface area contributed by atoms with Crippen LogP contribution in [0.25, 0.3) is 0 Å². The zero-order valence-electron chi connectivity index (χ0n) is 36.9. The summed E-state index contributed by atoms with van der Waals surface area (Å²) >= 11 is 0. The van der Waals surface area contributed by atoms with Crippen LogP contribution in [0.3, 0.4) is 0 Å². The van der Waals surface area contributed by atoms with Gasteiger partial charge in [-0.05, 0) is 128 Å². The molecule has 356 valence electrons. The Balaban J connectivity index is 3.33. The van der Waals surface area contributed by atoms with E-state index in [1.165, 1.54) is 4.90 Å². The summed E-state index contributed by atoms with van der Waals surface area (Å²) in [5, 5.41) is 23.2. The van der Waals surface area contributed by atoms with Gasteiger partial charge in [0.1, 0.15) is 36.3 Å². The predicted molar refractivity (Wildman–Crippen MR) is 236 cm³/mol. The Morgan fingerprint density at radius 3 is 1.53 bits per heavy atom. The Hall–Kier alpha value is -4.64. The van der Waals surface area contributed by atoms with Crippen LogP contribution in [-0.2, 0) is 33.6 Å². The highest BCUT2D eigenvalue weighted by Crippen LogP contribution is 2.20. The minimum atomic E-state index is -1.23. The van der Waals surface area contributed by atoms with Crippen molar-refractivity contribution >= 4 is 47.4 Å². The molecule has 0 aromatic heterocycles. The zero-order chi connectivity index (χ0) is 46.6. The van der Waals surface area contributed by atoms with Crippen LogP contribution in [0.15, 0.2) is 4.99 Å². The number of guanidine groups is 1. The van der Waals surface area contributed by atoms with E-state index in [1.807, 2.05) is 0 Å². The van der Waals surface area contributed by atoms with E-state index in [0.29, 0.717) is 103 Å². The lowest BCUT2D eigenvalue weighted by atomic mass is 10.00. The van der Waals surface area contributed by atoms with Gasteiger partial charge < -0.3 is 76.7 Å². The number of hydrogen-bond acceptors (Lipinski definition) is 13. The number of rotatable bonds is 33. The number of nitrogens with one attached hydrogen (secondary N) is 5. The average molecular weight is 883 g/mol. The van der Waals surface area contributed by atoms with Crippen LogP contribution in [0.2, 0.25) is 0 Å². The normalized spacial score (nSPS) is 16.6. The fourth-order valence-electron chi connectivity index (χ4n) is 7.06. The SMILES string of the molecule is CC(C)[C@H](NC(=O)[C@H](CCCN=C(N)N)NC(=O)[C@H](CCCCN)NC(=O)[C@@H]1CCCN1C(=O)[C@@H](N)CCCCN)C(=O)N[C@@H](CCCCN)C(=O)N[C@@H](CCCCN)C(=O)O. The van der Waals surface area contributed by atoms with E-state index in [-0.39, 0.29) is 50.5 Å². The fourth-order valence-corrected chi connectivity index (χ4v) is 7.06. The van der Waals surface area contributed by atoms with E-state index in [0.717, 1.165) is 0 Å². The molecule has 0 saturated carbocycles. The standard InChI is InChI=1S/C40H78N14O8/c1-25(2)32(37(59)51-28(15-5-9-21-43)34(56)52-30(39(61)62)16-6-10-22-44)53-35(57)29(17-11-23-48-40(46)47)49-33(55)27(14-4-8-20-42)50-36(58)31-18-12-24-54(31)38(60)26(45)13-3-7-19-41/h25-32H,3-24,41-45H2,1-2H3,(H,49,55)(H,50,58)(H,51,59)(H,52,56)(H,53,57)(H,61,62)(H4,46,47,48)/t26-,27-,28-,29-,30-,31-,32-/m0/s1. The molecule has 1 rings (SSSR count). The molecule has 1 aliphatic heterocycles. The van der Waals surface area contributed by atoms with Crippen molar-refractivity contribution in [2.75, 3.05) is 39.3 Å². The van der Waals surface area contributed by atoms with Gasteiger partial charge in [0.2, 0.25) is 35.4 Å². The predicted octanol–water partition coefficient (Wildman–Crippen LogP) is -2.96. The zero-order valence-corrected chi connectivity index (χ0v) is 36.9. The summed E-state index contributed by atoms with van der Waals surface area (Å²) in [6.07, 6.45) is 6.53. The van der Waals surface area contributed by atoms with E-state index >= 15 is 0 Å². The highest BCUT2D eigenvalue weighted by Gasteiger charge is 2.38. The third-order valence-corrected chi connectivity index (χ3v) is 10.7. The molecule has 0 bridgehead atoms. The highest BCUT2D eigenvalue weighted by atomic mass is 16.4. The van der Waals surface area contributed by atoms with Crippen LogP contribution in [0.4, 0.5) is 0 Å². The van der Waals surface area contributed by atoms with Crippen molar-refractivity contribution in [1.29, 1.82) is 0 Å². The number of carboxylic acid groups (broad SMARTS) is 1. The fraction of sp³-hybridized carbons (Fsp3) is 0.800. The molecule has 22 nitrogen and oxygen atoms in total. The molecule has 0 spiro atoms. The Bertz CT molecular complexity index is 1430. The third-order valence-electron chi connectivity index (χ3n) is 10.7. The molecule has 0 aromatic rings. The van der Waals surface area contributed by atoms with Gasteiger partial charge in [-0.15, -0.1) is 0 Å². The maximum atomic E-state index is 14.1. The quantitative estimate of drug-likeness (QED) is 0.0178. The summed E-state index contributed by atoms with van der Waals surface area (Å²) in [4.78, 5) is 99.8. The highest BCUT2D eigenvalue weighted by molar-refractivity contribution is 5.97. The summed E-state index contributed by atoms with van der Waals surface area (Å²) in [7, 11) is 0. The maximum Gasteiger partial charge on any atom is 0.326 e. The van der Waals surface area contributed by atoms with Crippen molar-refractivity contribution in [2.45, 2.75) is 159 Å². The van der Waals surface area contributed by atoms with E-state index in [4.69, 9.17) is 40.1 Å². The van der Waals surface area contributed by atoms with Gasteiger partial charge in [0.25, 0.3) is 0 Å². The molecular weight excluding hydrogens is 805 g/mol. The number of carbonyl (C=O) groups is 7. The first-order valence-corrected chi connectivity index (χ1v) is 22.2. The Labute approximate surface area is 366 Å². The molecular formula is C40H78N14O8. The van der Waals surface area contributed by atoms with Crippen molar-refractivity contribution in [1.82, 2.24) is 31.5 Å². The van der Waals surface area contributed by atoms with Gasteiger partial charge in [0.05, 0.1) is 6.04 Å². The van der Waals surface area contributed by atoms with Crippen LogP contribution >= 0.6 is 0 Å². The topological polar surface area (TPSA) is 398 Å². The largest absolute Gasteiger partial charge is 0.480 e. The Morgan fingerprint density at radius 2 is 1.05 bits per heavy atom. The summed E-state index contributed by atoms with van der Waals surface area (Å²) in [6, 6.07) is -7.53. The van der Waals surface area contributed by atoms with Gasteiger partial charge in [0.15, 0.2) is 5.96 Å². The van der Waals surface area contributed by atoms with E-state index in [9.17, 15) is 38.7 Å². The second kappa shape index (κ2) is 31.2. The van der Waals surface area contributed by atoms with E-state index in [1.54, 1.807) is 13.8 Å². The molecule has 62 heavy (non-hydrogen) atoms. The molecule has 7 atom stereocenters. The average Bonchev–Trinajstić information content (AvgIpc) is 3.72. The molecule has 1 heterocycles. The van der Waals surface area contributed by atoms with Crippen LogP contribution < -0.4 is 66.7 Å². The lowest BCUT2D eigenvalue weighted by Crippen LogP contribution is -2.60. The number of amides is 6. The van der Waals surface area contributed by atoms with Gasteiger partial charge in [-0.25, -0.2) is 4.79 Å². The van der Waals surface area contributed by atoms with Crippen LogP contribution in [0.5, 0.6) is 0 Å². The number of nitrogens with zero attached hydrogens (tertiary/aromatic N) is 2. The molecule has 0 radical (unpaired) electrons. The molecule has 6 amide bonds. The molecule has 1 fully saturated rings. The molecule has 20 N–H and O–H groups in total. The molecule has 0 aromatic carbocycles. The molecule has 0 unspecified atom stereocenters. The Kier molecular flexibility index (Phi) is 27.9. The van der Waals surface area contributed by atoms with Gasteiger partial charge in [-0.1, -0.05) is 20.3 Å².